The minimum absolute atomic E-state index is 0.401. The Kier molecular flexibility index (Phi) is 5.88. The Balaban J connectivity index is 2.11. The molecule has 1 heterocycles. The van der Waals surface area contributed by atoms with Gasteiger partial charge in [0.05, 0.1) is 5.69 Å². The summed E-state index contributed by atoms with van der Waals surface area (Å²) in [5.41, 5.74) is 2.27. The third-order valence-electron chi connectivity index (χ3n) is 3.37. The van der Waals surface area contributed by atoms with Gasteiger partial charge < -0.3 is 0 Å². The zero-order valence-electron chi connectivity index (χ0n) is 12.4. The summed E-state index contributed by atoms with van der Waals surface area (Å²) >= 11 is 0. The summed E-state index contributed by atoms with van der Waals surface area (Å²) in [6.45, 7) is 2.99. The molecule has 0 aliphatic heterocycles. The molecule has 0 fully saturated rings. The molecule has 0 bridgehead atoms. The Morgan fingerprint density at radius 2 is 1.90 bits per heavy atom. The molecule has 1 aromatic carbocycles. The van der Waals surface area contributed by atoms with Gasteiger partial charge in [-0.05, 0) is 18.1 Å². The van der Waals surface area contributed by atoms with E-state index >= 15 is 0 Å². The van der Waals surface area contributed by atoms with Gasteiger partial charge in [-0.3, -0.25) is 4.79 Å². The second-order valence-corrected chi connectivity index (χ2v) is 5.01. The summed E-state index contributed by atoms with van der Waals surface area (Å²) in [4.78, 5) is 11.1. The molecule has 0 atom stereocenters. The molecule has 0 aliphatic carbocycles. The first-order valence-electron chi connectivity index (χ1n) is 7.47. The molecule has 0 unspecified atom stereocenters. The van der Waals surface area contributed by atoms with Crippen LogP contribution in [0, 0.1) is 0 Å². The molecule has 0 radical (unpaired) electrons. The zero-order valence-corrected chi connectivity index (χ0v) is 12.4. The smallest absolute Gasteiger partial charge is 0.172 e. The van der Waals surface area contributed by atoms with Crippen LogP contribution in [0.15, 0.2) is 30.3 Å². The van der Waals surface area contributed by atoms with Crippen LogP contribution in [0.1, 0.15) is 54.4 Å². The largest absolute Gasteiger partial charge is 0.296 e. The van der Waals surface area contributed by atoms with Crippen LogP contribution in [0.3, 0.4) is 0 Å². The molecule has 0 saturated heterocycles. The molecule has 0 N–H and O–H groups in total. The van der Waals surface area contributed by atoms with E-state index in [4.69, 9.17) is 0 Å². The van der Waals surface area contributed by atoms with Gasteiger partial charge in [-0.25, -0.2) is 4.68 Å². The summed E-state index contributed by atoms with van der Waals surface area (Å²) in [7, 11) is 0. The van der Waals surface area contributed by atoms with Gasteiger partial charge in [0.25, 0.3) is 0 Å². The highest BCUT2D eigenvalue weighted by atomic mass is 16.1. The summed E-state index contributed by atoms with van der Waals surface area (Å²) in [6, 6.07) is 9.99. The number of aryl methyl sites for hydroxylation is 1. The Morgan fingerprint density at radius 1 is 1.10 bits per heavy atom. The van der Waals surface area contributed by atoms with Crippen molar-refractivity contribution in [3.05, 3.63) is 47.3 Å². The fourth-order valence-electron chi connectivity index (χ4n) is 2.18. The zero-order chi connectivity index (χ0) is 14.9. The topological polar surface area (TPSA) is 47.8 Å². The number of hydrogen-bond acceptors (Lipinski definition) is 3. The second kappa shape index (κ2) is 8.15. The number of carbonyl (C=O) groups excluding carboxylic acids is 1. The average molecular weight is 283 g/mol. The summed E-state index contributed by atoms with van der Waals surface area (Å²) in [6.07, 6.45) is 9.33. The lowest BCUT2D eigenvalue weighted by Crippen LogP contribution is -2.03. The lowest BCUT2D eigenvalue weighted by molar-refractivity contribution is 0.111. The van der Waals surface area contributed by atoms with Crippen LogP contribution in [0.2, 0.25) is 0 Å². The van der Waals surface area contributed by atoms with E-state index in [9.17, 15) is 4.79 Å². The number of rotatable bonds is 8. The Hall–Kier alpha value is -2.23. The first-order valence-corrected chi connectivity index (χ1v) is 7.47. The van der Waals surface area contributed by atoms with E-state index in [1.165, 1.54) is 19.3 Å². The maximum atomic E-state index is 11.1. The van der Waals surface area contributed by atoms with Crippen LogP contribution in [0.5, 0.6) is 0 Å². The Morgan fingerprint density at radius 3 is 2.62 bits per heavy atom. The highest BCUT2D eigenvalue weighted by Gasteiger charge is 2.08. The van der Waals surface area contributed by atoms with E-state index in [1.807, 2.05) is 47.2 Å². The van der Waals surface area contributed by atoms with E-state index < -0.39 is 0 Å². The van der Waals surface area contributed by atoms with Crippen LogP contribution in [0.4, 0.5) is 0 Å². The maximum absolute atomic E-state index is 11.1. The molecular formula is C17H21N3O. The van der Waals surface area contributed by atoms with Gasteiger partial charge in [0.15, 0.2) is 12.0 Å². The highest BCUT2D eigenvalue weighted by molar-refractivity contribution is 5.81. The molecule has 1 aromatic heterocycles. The van der Waals surface area contributed by atoms with Crippen molar-refractivity contribution in [2.75, 3.05) is 0 Å². The lowest BCUT2D eigenvalue weighted by Gasteiger charge is -2.03. The van der Waals surface area contributed by atoms with Gasteiger partial charge in [-0.15, -0.1) is 5.10 Å². The quantitative estimate of drug-likeness (QED) is 0.546. The van der Waals surface area contributed by atoms with Crippen molar-refractivity contribution in [2.24, 2.45) is 0 Å². The summed E-state index contributed by atoms with van der Waals surface area (Å²) in [5.74, 6) is 0. The predicted molar refractivity (Wildman–Crippen MR) is 84.9 cm³/mol. The maximum Gasteiger partial charge on any atom is 0.172 e. The molecule has 0 aliphatic rings. The van der Waals surface area contributed by atoms with Crippen molar-refractivity contribution in [3.8, 4) is 0 Å². The Bertz CT molecular complexity index is 587. The monoisotopic (exact) mass is 283 g/mol. The Labute approximate surface area is 125 Å². The van der Waals surface area contributed by atoms with Crippen molar-refractivity contribution >= 4 is 18.4 Å². The molecular weight excluding hydrogens is 262 g/mol. The van der Waals surface area contributed by atoms with Crippen molar-refractivity contribution in [1.29, 1.82) is 0 Å². The van der Waals surface area contributed by atoms with E-state index in [2.05, 4.69) is 17.2 Å². The number of benzene rings is 1. The predicted octanol–water partition coefficient (Wildman–Crippen LogP) is 3.84. The van der Waals surface area contributed by atoms with Gasteiger partial charge in [0, 0.05) is 6.54 Å². The number of aromatic nitrogens is 3. The van der Waals surface area contributed by atoms with Crippen LogP contribution < -0.4 is 0 Å². The fourth-order valence-corrected chi connectivity index (χ4v) is 2.18. The van der Waals surface area contributed by atoms with Gasteiger partial charge in [-0.2, -0.15) is 0 Å². The second-order valence-electron chi connectivity index (χ2n) is 5.01. The average Bonchev–Trinajstić information content (AvgIpc) is 2.92. The number of unbranched alkanes of at least 4 members (excludes halogenated alkanes) is 3. The number of nitrogens with zero attached hydrogens (tertiary/aromatic N) is 3. The molecule has 0 spiro atoms. The molecule has 0 amide bonds. The minimum atomic E-state index is 0.401. The first-order chi connectivity index (χ1) is 10.3. The molecule has 110 valence electrons. The van der Waals surface area contributed by atoms with Crippen LogP contribution >= 0.6 is 0 Å². The van der Waals surface area contributed by atoms with Crippen LogP contribution in [0.25, 0.3) is 12.2 Å². The number of aldehydes is 1. The molecule has 0 saturated carbocycles. The summed E-state index contributed by atoms with van der Waals surface area (Å²) in [5, 5.41) is 8.02. The van der Waals surface area contributed by atoms with E-state index in [0.29, 0.717) is 5.69 Å². The third-order valence-corrected chi connectivity index (χ3v) is 3.37. The standard InChI is InChI=1S/C17H21N3O/c1-2-3-4-8-13-20-17(16(14-21)18-19-20)12-11-15-9-6-5-7-10-15/h5-7,9-12,14H,2-4,8,13H2,1H3/b12-11+. The van der Waals surface area contributed by atoms with Crippen molar-refractivity contribution in [1.82, 2.24) is 15.0 Å². The van der Waals surface area contributed by atoms with Crippen molar-refractivity contribution in [3.63, 3.8) is 0 Å². The normalized spacial score (nSPS) is 11.1. The molecule has 21 heavy (non-hydrogen) atoms. The van der Waals surface area contributed by atoms with Crippen molar-refractivity contribution < 1.29 is 4.79 Å². The van der Waals surface area contributed by atoms with E-state index in [0.717, 1.165) is 30.5 Å². The molecule has 2 rings (SSSR count). The lowest BCUT2D eigenvalue weighted by atomic mass is 10.2. The van der Waals surface area contributed by atoms with Gasteiger partial charge in [0.1, 0.15) is 0 Å². The van der Waals surface area contributed by atoms with Crippen LogP contribution in [-0.4, -0.2) is 21.3 Å². The van der Waals surface area contributed by atoms with Gasteiger partial charge >= 0.3 is 0 Å². The molecule has 2 aromatic rings. The number of carbonyl (C=O) groups is 1. The molecule has 4 nitrogen and oxygen atoms in total. The third kappa shape index (κ3) is 4.38. The van der Waals surface area contributed by atoms with Gasteiger partial charge in [0.2, 0.25) is 0 Å². The summed E-state index contributed by atoms with van der Waals surface area (Å²) < 4.78 is 1.82. The van der Waals surface area contributed by atoms with Crippen LogP contribution in [-0.2, 0) is 6.54 Å². The fraction of sp³-hybridized carbons (Fsp3) is 0.353. The minimum Gasteiger partial charge on any atom is -0.296 e. The van der Waals surface area contributed by atoms with E-state index in [-0.39, 0.29) is 0 Å². The SMILES string of the molecule is CCCCCCn1nnc(C=O)c1/C=C/c1ccccc1. The van der Waals surface area contributed by atoms with Crippen molar-refractivity contribution in [2.45, 2.75) is 39.2 Å². The van der Waals surface area contributed by atoms with E-state index in [1.54, 1.807) is 0 Å². The van der Waals surface area contributed by atoms with Gasteiger partial charge in [-0.1, -0.05) is 67.8 Å². The number of hydrogen-bond donors (Lipinski definition) is 0. The first kappa shape index (κ1) is 15.2. The molecule has 4 heteroatoms. The highest BCUT2D eigenvalue weighted by Crippen LogP contribution is 2.11.